The second-order valence-corrected chi connectivity index (χ2v) is 5.84. The predicted molar refractivity (Wildman–Crippen MR) is 112 cm³/mol. The molecule has 0 saturated carbocycles. The fraction of sp³-hybridized carbons (Fsp3) is 0.611. The van der Waals surface area contributed by atoms with E-state index in [0.29, 0.717) is 32.2 Å². The number of ether oxygens (including phenoxy) is 2. The number of likely N-dealkylation sites (tertiary alicyclic amines) is 1. The number of hydrogen-bond donors (Lipinski definition) is 1. The third-order valence-corrected chi connectivity index (χ3v) is 4.12. The van der Waals surface area contributed by atoms with E-state index in [9.17, 15) is 4.79 Å². The average molecular weight is 476 g/mol. The molecule has 146 valence electrons. The van der Waals surface area contributed by atoms with Crippen LogP contribution in [0.4, 0.5) is 0 Å². The van der Waals surface area contributed by atoms with E-state index in [0.717, 1.165) is 30.9 Å². The molecule has 1 aliphatic heterocycles. The van der Waals surface area contributed by atoms with Gasteiger partial charge in [-0.25, -0.2) is 4.98 Å². The summed E-state index contributed by atoms with van der Waals surface area (Å²) in [6.45, 7) is 6.84. The van der Waals surface area contributed by atoms with Crippen molar-refractivity contribution in [3.05, 3.63) is 23.9 Å². The number of esters is 1. The summed E-state index contributed by atoms with van der Waals surface area (Å²) in [6, 6.07) is 3.87. The van der Waals surface area contributed by atoms with Crippen LogP contribution in [0.3, 0.4) is 0 Å². The SMILES string of the molecule is CCOC(=O)C1CCCN(C(=NC)NCc2cccnc2OCC)C1.I. The van der Waals surface area contributed by atoms with E-state index in [4.69, 9.17) is 9.47 Å². The molecule has 7 nitrogen and oxygen atoms in total. The highest BCUT2D eigenvalue weighted by atomic mass is 127. The number of piperidine rings is 1. The minimum Gasteiger partial charge on any atom is -0.478 e. The number of carbonyl (C=O) groups excluding carboxylic acids is 1. The van der Waals surface area contributed by atoms with Crippen molar-refractivity contribution in [2.24, 2.45) is 10.9 Å². The first-order chi connectivity index (χ1) is 12.2. The normalized spacial score (nSPS) is 17.3. The standard InChI is InChI=1S/C18H28N4O3.HI/c1-4-24-16-14(8-6-10-20-16)12-21-18(19-3)22-11-7-9-15(13-22)17(23)25-5-2;/h6,8,10,15H,4-5,7,9,11-13H2,1-3H3,(H,19,21);1H. The van der Waals surface area contributed by atoms with Crippen molar-refractivity contribution in [1.29, 1.82) is 0 Å². The van der Waals surface area contributed by atoms with Gasteiger partial charge in [0.15, 0.2) is 5.96 Å². The van der Waals surface area contributed by atoms with E-state index in [1.165, 1.54) is 0 Å². The Morgan fingerprint density at radius 1 is 1.42 bits per heavy atom. The van der Waals surface area contributed by atoms with Gasteiger partial charge in [0.25, 0.3) is 0 Å². The molecule has 0 aromatic carbocycles. The van der Waals surface area contributed by atoms with Crippen LogP contribution in [0.15, 0.2) is 23.3 Å². The molecule has 2 rings (SSSR count). The summed E-state index contributed by atoms with van der Waals surface area (Å²) >= 11 is 0. The van der Waals surface area contributed by atoms with Crippen LogP contribution in [-0.2, 0) is 16.1 Å². The summed E-state index contributed by atoms with van der Waals surface area (Å²) < 4.78 is 10.7. The molecule has 0 radical (unpaired) electrons. The zero-order valence-electron chi connectivity index (χ0n) is 15.7. The maximum Gasteiger partial charge on any atom is 0.310 e. The molecule has 1 aliphatic rings. The first-order valence-electron chi connectivity index (χ1n) is 8.88. The van der Waals surface area contributed by atoms with Gasteiger partial charge in [0, 0.05) is 38.4 Å². The Morgan fingerprint density at radius 3 is 2.92 bits per heavy atom. The van der Waals surface area contributed by atoms with Crippen molar-refractivity contribution in [2.75, 3.05) is 33.4 Å². The van der Waals surface area contributed by atoms with Crippen molar-refractivity contribution in [1.82, 2.24) is 15.2 Å². The Labute approximate surface area is 172 Å². The van der Waals surface area contributed by atoms with Gasteiger partial charge in [0.2, 0.25) is 5.88 Å². The van der Waals surface area contributed by atoms with Crippen molar-refractivity contribution in [2.45, 2.75) is 33.2 Å². The summed E-state index contributed by atoms with van der Waals surface area (Å²) in [5.41, 5.74) is 0.976. The van der Waals surface area contributed by atoms with E-state index in [1.54, 1.807) is 13.2 Å². The van der Waals surface area contributed by atoms with Gasteiger partial charge in [-0.05, 0) is 32.8 Å². The smallest absolute Gasteiger partial charge is 0.310 e. The van der Waals surface area contributed by atoms with Gasteiger partial charge < -0.3 is 19.7 Å². The van der Waals surface area contributed by atoms with Crippen molar-refractivity contribution in [3.63, 3.8) is 0 Å². The maximum atomic E-state index is 12.0. The molecule has 1 fully saturated rings. The Bertz CT molecular complexity index is 598. The molecular formula is C18H29IN4O3. The molecule has 1 saturated heterocycles. The molecule has 2 heterocycles. The number of halogens is 1. The van der Waals surface area contributed by atoms with Gasteiger partial charge in [0.1, 0.15) is 0 Å². The number of guanidine groups is 1. The van der Waals surface area contributed by atoms with Gasteiger partial charge in [-0.15, -0.1) is 24.0 Å². The Hall–Kier alpha value is -1.58. The number of nitrogens with zero attached hydrogens (tertiary/aromatic N) is 3. The fourth-order valence-corrected chi connectivity index (χ4v) is 2.95. The summed E-state index contributed by atoms with van der Waals surface area (Å²) in [4.78, 5) is 22.8. The molecule has 1 atom stereocenters. The predicted octanol–water partition coefficient (Wildman–Crippen LogP) is 2.45. The van der Waals surface area contributed by atoms with Gasteiger partial charge in [-0.2, -0.15) is 0 Å². The third-order valence-electron chi connectivity index (χ3n) is 4.12. The van der Waals surface area contributed by atoms with E-state index in [-0.39, 0.29) is 35.9 Å². The average Bonchev–Trinajstić information content (AvgIpc) is 2.64. The van der Waals surface area contributed by atoms with Gasteiger partial charge in [0.05, 0.1) is 19.1 Å². The Balaban J connectivity index is 0.00000338. The molecule has 8 heteroatoms. The van der Waals surface area contributed by atoms with Gasteiger partial charge in [-0.1, -0.05) is 6.07 Å². The topological polar surface area (TPSA) is 76.0 Å². The molecule has 1 unspecified atom stereocenters. The lowest BCUT2D eigenvalue weighted by atomic mass is 9.98. The van der Waals surface area contributed by atoms with E-state index < -0.39 is 0 Å². The number of aromatic nitrogens is 1. The number of carbonyl (C=O) groups is 1. The van der Waals surface area contributed by atoms with Crippen LogP contribution < -0.4 is 10.1 Å². The van der Waals surface area contributed by atoms with Gasteiger partial charge >= 0.3 is 5.97 Å². The van der Waals surface area contributed by atoms with Crippen LogP contribution in [0, 0.1) is 5.92 Å². The molecule has 1 aromatic heterocycles. The largest absolute Gasteiger partial charge is 0.478 e. The summed E-state index contributed by atoms with van der Waals surface area (Å²) in [6.07, 6.45) is 3.53. The lowest BCUT2D eigenvalue weighted by Crippen LogP contribution is -2.48. The molecular weight excluding hydrogens is 447 g/mol. The summed E-state index contributed by atoms with van der Waals surface area (Å²) in [5.74, 6) is 1.20. The second-order valence-electron chi connectivity index (χ2n) is 5.84. The zero-order valence-corrected chi connectivity index (χ0v) is 18.1. The van der Waals surface area contributed by atoms with Crippen LogP contribution in [-0.4, -0.2) is 55.2 Å². The first-order valence-corrected chi connectivity index (χ1v) is 8.88. The number of pyridine rings is 1. The fourth-order valence-electron chi connectivity index (χ4n) is 2.95. The number of aliphatic imine (C=N–C) groups is 1. The van der Waals surface area contributed by atoms with E-state index in [1.807, 2.05) is 26.0 Å². The van der Waals surface area contributed by atoms with Crippen LogP contribution in [0.2, 0.25) is 0 Å². The lowest BCUT2D eigenvalue weighted by molar-refractivity contribution is -0.149. The Kier molecular flexibility index (Phi) is 10.3. The monoisotopic (exact) mass is 476 g/mol. The van der Waals surface area contributed by atoms with Crippen LogP contribution in [0.5, 0.6) is 5.88 Å². The highest BCUT2D eigenvalue weighted by Gasteiger charge is 2.28. The lowest BCUT2D eigenvalue weighted by Gasteiger charge is -2.34. The molecule has 0 spiro atoms. The zero-order chi connectivity index (χ0) is 18.1. The van der Waals surface area contributed by atoms with Crippen molar-refractivity contribution < 1.29 is 14.3 Å². The number of rotatable bonds is 6. The highest BCUT2D eigenvalue weighted by Crippen LogP contribution is 2.19. The van der Waals surface area contributed by atoms with Crippen LogP contribution in [0.25, 0.3) is 0 Å². The number of hydrogen-bond acceptors (Lipinski definition) is 5. The molecule has 0 bridgehead atoms. The van der Waals surface area contributed by atoms with Crippen molar-refractivity contribution in [3.8, 4) is 5.88 Å². The molecule has 26 heavy (non-hydrogen) atoms. The van der Waals surface area contributed by atoms with Crippen LogP contribution in [0.1, 0.15) is 32.3 Å². The van der Waals surface area contributed by atoms with E-state index >= 15 is 0 Å². The minimum absolute atomic E-state index is 0. The first kappa shape index (κ1) is 22.5. The molecule has 1 N–H and O–H groups in total. The van der Waals surface area contributed by atoms with Gasteiger partial charge in [-0.3, -0.25) is 9.79 Å². The third kappa shape index (κ3) is 6.30. The number of nitrogens with one attached hydrogen (secondary N) is 1. The summed E-state index contributed by atoms with van der Waals surface area (Å²) in [5, 5.41) is 3.35. The molecule has 0 amide bonds. The molecule has 0 aliphatic carbocycles. The highest BCUT2D eigenvalue weighted by molar-refractivity contribution is 14.0. The summed E-state index contributed by atoms with van der Waals surface area (Å²) in [7, 11) is 1.75. The Morgan fingerprint density at radius 2 is 2.23 bits per heavy atom. The van der Waals surface area contributed by atoms with Crippen molar-refractivity contribution >= 4 is 35.9 Å². The minimum atomic E-state index is -0.117. The maximum absolute atomic E-state index is 12.0. The second kappa shape index (κ2) is 11.9. The van der Waals surface area contributed by atoms with E-state index in [2.05, 4.69) is 20.2 Å². The van der Waals surface area contributed by atoms with Crippen LogP contribution >= 0.6 is 24.0 Å². The quantitative estimate of drug-likeness (QED) is 0.294. The molecule has 1 aromatic rings.